The number of nitrogens with one attached hydrogen (secondary N) is 1. The van der Waals surface area contributed by atoms with Gasteiger partial charge in [0.05, 0.1) is 27.0 Å². The van der Waals surface area contributed by atoms with Gasteiger partial charge in [0.25, 0.3) is 0 Å². The number of aromatic nitrogens is 2. The predicted molar refractivity (Wildman–Crippen MR) is 83.6 cm³/mol. The van der Waals surface area contributed by atoms with Gasteiger partial charge in [0.1, 0.15) is 0 Å². The van der Waals surface area contributed by atoms with Crippen molar-refractivity contribution in [3.05, 3.63) is 29.6 Å². The molecule has 0 radical (unpaired) electrons. The van der Waals surface area contributed by atoms with Gasteiger partial charge in [0.2, 0.25) is 5.75 Å². The van der Waals surface area contributed by atoms with Crippen LogP contribution in [0.1, 0.15) is 16.1 Å². The molecule has 2 aromatic rings. The summed E-state index contributed by atoms with van der Waals surface area (Å²) in [6.45, 7) is 0.343. The maximum atomic E-state index is 11.2. The lowest BCUT2D eigenvalue weighted by molar-refractivity contribution is 0.0690. The van der Waals surface area contributed by atoms with Crippen molar-refractivity contribution in [1.29, 1.82) is 0 Å². The van der Waals surface area contributed by atoms with Crippen LogP contribution in [-0.2, 0) is 13.6 Å². The van der Waals surface area contributed by atoms with Crippen LogP contribution in [-0.4, -0.2) is 42.2 Å². The van der Waals surface area contributed by atoms with Crippen LogP contribution >= 0.6 is 0 Å². The molecule has 0 spiro atoms. The van der Waals surface area contributed by atoms with E-state index >= 15 is 0 Å². The number of anilines is 1. The van der Waals surface area contributed by atoms with Gasteiger partial charge in [-0.1, -0.05) is 0 Å². The van der Waals surface area contributed by atoms with E-state index in [2.05, 4.69) is 10.4 Å². The molecule has 0 aliphatic carbocycles. The highest BCUT2D eigenvalue weighted by Crippen LogP contribution is 2.39. The Labute approximate surface area is 133 Å². The van der Waals surface area contributed by atoms with E-state index in [1.54, 1.807) is 26.4 Å². The van der Waals surface area contributed by atoms with Gasteiger partial charge in [0.15, 0.2) is 17.2 Å². The molecule has 124 valence electrons. The zero-order valence-corrected chi connectivity index (χ0v) is 13.4. The quantitative estimate of drug-likeness (QED) is 0.802. The number of benzene rings is 1. The largest absolute Gasteiger partial charge is 0.493 e. The lowest BCUT2D eigenvalue weighted by atomic mass is 10.1. The van der Waals surface area contributed by atoms with Crippen LogP contribution in [0.3, 0.4) is 0 Å². The second-order valence-electron chi connectivity index (χ2n) is 4.72. The minimum absolute atomic E-state index is 0.0352. The fraction of sp³-hybridized carbons (Fsp3) is 0.333. The van der Waals surface area contributed by atoms with Crippen molar-refractivity contribution in [3.63, 3.8) is 0 Å². The second-order valence-corrected chi connectivity index (χ2v) is 4.72. The molecule has 8 nitrogen and oxygen atoms in total. The molecule has 0 saturated carbocycles. The number of hydrogen-bond donors (Lipinski definition) is 2. The molecule has 0 fully saturated rings. The Morgan fingerprint density at radius 2 is 1.91 bits per heavy atom. The third kappa shape index (κ3) is 3.31. The number of nitrogens with zero attached hydrogens (tertiary/aromatic N) is 2. The maximum Gasteiger partial charge on any atom is 0.358 e. The normalized spacial score (nSPS) is 10.3. The highest BCUT2D eigenvalue weighted by Gasteiger charge is 2.18. The summed E-state index contributed by atoms with van der Waals surface area (Å²) >= 11 is 0. The molecule has 0 atom stereocenters. The van der Waals surface area contributed by atoms with E-state index in [1.165, 1.54) is 18.9 Å². The number of carboxylic acids is 1. The fourth-order valence-corrected chi connectivity index (χ4v) is 2.27. The Balaban J connectivity index is 2.29. The monoisotopic (exact) mass is 321 g/mol. The van der Waals surface area contributed by atoms with Crippen LogP contribution in [0, 0.1) is 0 Å². The number of aromatic carboxylic acids is 1. The summed E-state index contributed by atoms with van der Waals surface area (Å²) in [6.07, 6.45) is 1.61. The number of carbonyl (C=O) groups is 1. The lowest BCUT2D eigenvalue weighted by Crippen LogP contribution is -2.07. The van der Waals surface area contributed by atoms with Crippen LogP contribution in [0.15, 0.2) is 18.3 Å². The molecule has 0 amide bonds. The Morgan fingerprint density at radius 1 is 1.22 bits per heavy atom. The molecule has 2 N–H and O–H groups in total. The fourth-order valence-electron chi connectivity index (χ4n) is 2.27. The highest BCUT2D eigenvalue weighted by atomic mass is 16.5. The highest BCUT2D eigenvalue weighted by molar-refractivity contribution is 5.91. The first kappa shape index (κ1) is 16.5. The van der Waals surface area contributed by atoms with E-state index in [0.29, 0.717) is 29.5 Å². The average molecular weight is 321 g/mol. The number of hydrogen-bond acceptors (Lipinski definition) is 6. The van der Waals surface area contributed by atoms with Crippen LogP contribution in [0.5, 0.6) is 17.2 Å². The number of carboxylic acid groups (broad SMARTS) is 1. The van der Waals surface area contributed by atoms with E-state index in [0.717, 1.165) is 5.56 Å². The zero-order valence-electron chi connectivity index (χ0n) is 13.4. The lowest BCUT2D eigenvalue weighted by Gasteiger charge is -2.16. The molecule has 0 aliphatic rings. The Bertz CT molecular complexity index is 711. The minimum atomic E-state index is -1.09. The third-order valence-electron chi connectivity index (χ3n) is 3.29. The number of methoxy groups -OCH3 is 3. The van der Waals surface area contributed by atoms with Crippen molar-refractivity contribution in [2.75, 3.05) is 26.6 Å². The molecule has 0 bridgehead atoms. The first-order valence-electron chi connectivity index (χ1n) is 6.80. The first-order valence-corrected chi connectivity index (χ1v) is 6.80. The summed E-state index contributed by atoms with van der Waals surface area (Å²) in [5.74, 6) is 0.479. The smallest absolute Gasteiger partial charge is 0.358 e. The van der Waals surface area contributed by atoms with Gasteiger partial charge in [-0.3, -0.25) is 4.68 Å². The summed E-state index contributed by atoms with van der Waals surface area (Å²) < 4.78 is 17.4. The summed E-state index contributed by atoms with van der Waals surface area (Å²) in [7, 11) is 6.27. The molecule has 23 heavy (non-hydrogen) atoms. The van der Waals surface area contributed by atoms with Crippen molar-refractivity contribution in [2.24, 2.45) is 7.05 Å². The van der Waals surface area contributed by atoms with Gasteiger partial charge in [-0.05, 0) is 12.1 Å². The Kier molecular flexibility index (Phi) is 4.95. The Hall–Kier alpha value is -2.90. The van der Waals surface area contributed by atoms with Crippen LogP contribution in [0.2, 0.25) is 0 Å². The first-order chi connectivity index (χ1) is 11.0. The number of ether oxygens (including phenoxy) is 3. The van der Waals surface area contributed by atoms with Gasteiger partial charge in [-0.25, -0.2) is 4.79 Å². The van der Waals surface area contributed by atoms with Gasteiger partial charge >= 0.3 is 5.97 Å². The summed E-state index contributed by atoms with van der Waals surface area (Å²) in [5.41, 5.74) is 1.19. The van der Waals surface area contributed by atoms with Gasteiger partial charge < -0.3 is 24.6 Å². The topological polar surface area (TPSA) is 94.8 Å². The van der Waals surface area contributed by atoms with Gasteiger partial charge in [0, 0.05) is 25.4 Å². The SMILES string of the molecule is COc1ccc(CNc2cn(C)nc2C(=O)O)c(OC)c1OC. The van der Waals surface area contributed by atoms with E-state index in [-0.39, 0.29) is 5.69 Å². The molecule has 1 aromatic carbocycles. The van der Waals surface area contributed by atoms with E-state index < -0.39 is 5.97 Å². The molecule has 0 aliphatic heterocycles. The molecule has 1 aromatic heterocycles. The second kappa shape index (κ2) is 6.91. The van der Waals surface area contributed by atoms with Crippen LogP contribution < -0.4 is 19.5 Å². The number of aryl methyl sites for hydroxylation is 1. The standard InChI is InChI=1S/C15H19N3O5/c1-18-8-10(12(17-18)15(19)20)16-7-9-5-6-11(21-2)14(23-4)13(9)22-3/h5-6,8,16H,7H2,1-4H3,(H,19,20). The average Bonchev–Trinajstić information content (AvgIpc) is 2.92. The van der Waals surface area contributed by atoms with E-state index in [1.807, 2.05) is 6.07 Å². The third-order valence-corrected chi connectivity index (χ3v) is 3.29. The van der Waals surface area contributed by atoms with E-state index in [4.69, 9.17) is 19.3 Å². The minimum Gasteiger partial charge on any atom is -0.493 e. The molecular weight excluding hydrogens is 302 g/mol. The van der Waals surface area contributed by atoms with Crippen LogP contribution in [0.25, 0.3) is 0 Å². The maximum absolute atomic E-state index is 11.2. The van der Waals surface area contributed by atoms with Crippen molar-refractivity contribution < 1.29 is 24.1 Å². The molecule has 0 unspecified atom stereocenters. The van der Waals surface area contributed by atoms with Crippen molar-refractivity contribution in [2.45, 2.75) is 6.54 Å². The van der Waals surface area contributed by atoms with Crippen molar-refractivity contribution in [1.82, 2.24) is 9.78 Å². The molecule has 8 heteroatoms. The molecule has 2 rings (SSSR count). The number of rotatable bonds is 7. The van der Waals surface area contributed by atoms with Gasteiger partial charge in [-0.15, -0.1) is 0 Å². The molecular formula is C15H19N3O5. The summed E-state index contributed by atoms with van der Waals surface area (Å²) in [6, 6.07) is 3.59. The Morgan fingerprint density at radius 3 is 2.48 bits per heavy atom. The molecule has 0 saturated heterocycles. The zero-order chi connectivity index (χ0) is 17.0. The van der Waals surface area contributed by atoms with Crippen molar-refractivity contribution >= 4 is 11.7 Å². The van der Waals surface area contributed by atoms with Crippen LogP contribution in [0.4, 0.5) is 5.69 Å². The summed E-state index contributed by atoms with van der Waals surface area (Å²) in [5, 5.41) is 16.1. The van der Waals surface area contributed by atoms with Gasteiger partial charge in [-0.2, -0.15) is 5.10 Å². The van der Waals surface area contributed by atoms with Crippen molar-refractivity contribution in [3.8, 4) is 17.2 Å². The predicted octanol–water partition coefficient (Wildman–Crippen LogP) is 1.76. The summed E-state index contributed by atoms with van der Waals surface area (Å²) in [4.78, 5) is 11.2. The molecule has 1 heterocycles. The van der Waals surface area contributed by atoms with E-state index in [9.17, 15) is 4.79 Å².